The number of aryl methyl sites for hydroxylation is 1. The number of hydrogen-bond acceptors (Lipinski definition) is 3. The number of nitrogens with two attached hydrogens (primary N) is 1. The standard InChI is InChI=1S/C19H29N3/c1-14-3-2-4-18(11-14)21-9-7-17(8-10-21)22-12-15-5-6-16(13-22)19(15)20/h2-4,11,15-17,19H,5-10,12-13,20H2,1H3/t15-,16+,19?. The van der Waals surface area contributed by atoms with Crippen LogP contribution in [0.4, 0.5) is 5.69 Å². The van der Waals surface area contributed by atoms with Crippen molar-refractivity contribution in [1.82, 2.24) is 4.90 Å². The molecular formula is C19H29N3. The molecule has 3 nitrogen and oxygen atoms in total. The summed E-state index contributed by atoms with van der Waals surface area (Å²) in [6.45, 7) is 7.10. The van der Waals surface area contributed by atoms with Gasteiger partial charge in [-0.15, -0.1) is 0 Å². The van der Waals surface area contributed by atoms with E-state index in [4.69, 9.17) is 5.73 Å². The summed E-state index contributed by atoms with van der Waals surface area (Å²) in [7, 11) is 0. The third-order valence-electron chi connectivity index (χ3n) is 6.28. The van der Waals surface area contributed by atoms with Gasteiger partial charge in [-0.2, -0.15) is 0 Å². The predicted octanol–water partition coefficient (Wildman–Crippen LogP) is 2.63. The molecule has 0 spiro atoms. The molecule has 0 amide bonds. The second kappa shape index (κ2) is 5.86. The van der Waals surface area contributed by atoms with Crippen molar-refractivity contribution in [3.63, 3.8) is 0 Å². The van der Waals surface area contributed by atoms with Gasteiger partial charge in [-0.25, -0.2) is 0 Å². The molecule has 0 aromatic heterocycles. The molecule has 3 aliphatic rings. The van der Waals surface area contributed by atoms with Crippen LogP contribution in [0.25, 0.3) is 0 Å². The summed E-state index contributed by atoms with van der Waals surface area (Å²) in [4.78, 5) is 5.34. The van der Waals surface area contributed by atoms with Crippen LogP contribution >= 0.6 is 0 Å². The lowest BCUT2D eigenvalue weighted by Gasteiger charge is -2.44. The molecule has 1 aliphatic carbocycles. The van der Waals surface area contributed by atoms with Gasteiger partial charge in [-0.1, -0.05) is 12.1 Å². The monoisotopic (exact) mass is 299 g/mol. The third kappa shape index (κ3) is 2.65. The SMILES string of the molecule is Cc1cccc(N2CCC(N3C[C@H]4CC[C@@H](C3)C4N)CC2)c1. The summed E-state index contributed by atoms with van der Waals surface area (Å²) in [5.41, 5.74) is 9.12. The summed E-state index contributed by atoms with van der Waals surface area (Å²) in [6.07, 6.45) is 5.35. The van der Waals surface area contributed by atoms with E-state index in [1.54, 1.807) is 0 Å². The zero-order chi connectivity index (χ0) is 15.1. The first-order valence-electron chi connectivity index (χ1n) is 9.02. The van der Waals surface area contributed by atoms with E-state index in [1.165, 1.54) is 63.1 Å². The Hall–Kier alpha value is -1.06. The zero-order valence-electron chi connectivity index (χ0n) is 13.7. The summed E-state index contributed by atoms with van der Waals surface area (Å²) in [5.74, 6) is 1.54. The van der Waals surface area contributed by atoms with Crippen molar-refractivity contribution in [3.05, 3.63) is 29.8 Å². The molecule has 1 aromatic rings. The molecule has 120 valence electrons. The molecule has 4 rings (SSSR count). The molecule has 3 heteroatoms. The van der Waals surface area contributed by atoms with Crippen molar-refractivity contribution in [3.8, 4) is 0 Å². The second-order valence-corrected chi connectivity index (χ2v) is 7.69. The van der Waals surface area contributed by atoms with Gasteiger partial charge < -0.3 is 10.6 Å². The Bertz CT molecular complexity index is 507. The fraction of sp³-hybridized carbons (Fsp3) is 0.684. The highest BCUT2D eigenvalue weighted by Gasteiger charge is 2.41. The Morgan fingerprint density at radius 1 is 1.00 bits per heavy atom. The third-order valence-corrected chi connectivity index (χ3v) is 6.28. The molecule has 1 unspecified atom stereocenters. The zero-order valence-corrected chi connectivity index (χ0v) is 13.7. The number of rotatable bonds is 2. The van der Waals surface area contributed by atoms with Crippen LogP contribution in [0.2, 0.25) is 0 Å². The van der Waals surface area contributed by atoms with E-state index >= 15 is 0 Å². The van der Waals surface area contributed by atoms with E-state index in [0.717, 1.165) is 17.9 Å². The maximum Gasteiger partial charge on any atom is 0.0368 e. The molecular weight excluding hydrogens is 270 g/mol. The van der Waals surface area contributed by atoms with E-state index in [1.807, 2.05) is 0 Å². The van der Waals surface area contributed by atoms with Crippen LogP contribution in [0.3, 0.4) is 0 Å². The smallest absolute Gasteiger partial charge is 0.0368 e. The van der Waals surface area contributed by atoms with E-state index < -0.39 is 0 Å². The lowest BCUT2D eigenvalue weighted by atomic mass is 9.90. The number of piperidine rings is 2. The average molecular weight is 299 g/mol. The minimum atomic E-state index is 0.489. The lowest BCUT2D eigenvalue weighted by Crippen LogP contribution is -2.54. The number of nitrogens with zero attached hydrogens (tertiary/aromatic N) is 2. The Balaban J connectivity index is 1.36. The van der Waals surface area contributed by atoms with Crippen molar-refractivity contribution >= 4 is 5.69 Å². The van der Waals surface area contributed by atoms with Gasteiger partial charge in [-0.05, 0) is 62.1 Å². The normalized spacial score (nSPS) is 33.4. The quantitative estimate of drug-likeness (QED) is 0.911. The lowest BCUT2D eigenvalue weighted by molar-refractivity contribution is 0.0879. The molecule has 0 radical (unpaired) electrons. The van der Waals surface area contributed by atoms with Gasteiger partial charge in [0.2, 0.25) is 0 Å². The predicted molar refractivity (Wildman–Crippen MR) is 92.2 cm³/mol. The minimum absolute atomic E-state index is 0.489. The van der Waals surface area contributed by atoms with Crippen molar-refractivity contribution in [1.29, 1.82) is 0 Å². The highest BCUT2D eigenvalue weighted by atomic mass is 15.2. The van der Waals surface area contributed by atoms with Gasteiger partial charge in [0.25, 0.3) is 0 Å². The second-order valence-electron chi connectivity index (χ2n) is 7.69. The first-order chi connectivity index (χ1) is 10.7. The van der Waals surface area contributed by atoms with E-state index in [-0.39, 0.29) is 0 Å². The highest BCUT2D eigenvalue weighted by Crippen LogP contribution is 2.37. The number of hydrogen-bond donors (Lipinski definition) is 1. The van der Waals surface area contributed by atoms with Gasteiger partial charge in [0.05, 0.1) is 0 Å². The van der Waals surface area contributed by atoms with E-state index in [9.17, 15) is 0 Å². The van der Waals surface area contributed by atoms with Gasteiger partial charge in [0.15, 0.2) is 0 Å². The molecule has 2 aliphatic heterocycles. The molecule has 2 heterocycles. The Kier molecular flexibility index (Phi) is 3.87. The molecule has 3 atom stereocenters. The fourth-order valence-corrected chi connectivity index (χ4v) is 4.91. The van der Waals surface area contributed by atoms with Gasteiger partial charge >= 0.3 is 0 Å². The molecule has 1 saturated carbocycles. The molecule has 2 saturated heterocycles. The summed E-state index contributed by atoms with van der Waals surface area (Å²) < 4.78 is 0. The number of likely N-dealkylation sites (tertiary alicyclic amines) is 1. The van der Waals surface area contributed by atoms with Crippen LogP contribution in [-0.4, -0.2) is 43.2 Å². The topological polar surface area (TPSA) is 32.5 Å². The van der Waals surface area contributed by atoms with Crippen LogP contribution < -0.4 is 10.6 Å². The highest BCUT2D eigenvalue weighted by molar-refractivity contribution is 5.48. The van der Waals surface area contributed by atoms with Gasteiger partial charge in [-0.3, -0.25) is 4.90 Å². The first kappa shape index (κ1) is 14.5. The number of anilines is 1. The summed E-state index contributed by atoms with van der Waals surface area (Å²) in [5, 5.41) is 0. The minimum Gasteiger partial charge on any atom is -0.371 e. The number of benzene rings is 1. The first-order valence-corrected chi connectivity index (χ1v) is 9.02. The van der Waals surface area contributed by atoms with Crippen LogP contribution in [-0.2, 0) is 0 Å². The molecule has 2 bridgehead atoms. The molecule has 22 heavy (non-hydrogen) atoms. The van der Waals surface area contributed by atoms with Crippen LogP contribution in [0, 0.1) is 18.8 Å². The molecule has 1 aromatic carbocycles. The largest absolute Gasteiger partial charge is 0.371 e. The summed E-state index contributed by atoms with van der Waals surface area (Å²) >= 11 is 0. The Morgan fingerprint density at radius 3 is 2.32 bits per heavy atom. The fourth-order valence-electron chi connectivity index (χ4n) is 4.91. The Labute approximate surface area is 134 Å². The van der Waals surface area contributed by atoms with Crippen LogP contribution in [0.5, 0.6) is 0 Å². The maximum atomic E-state index is 6.35. The van der Waals surface area contributed by atoms with Gasteiger partial charge in [0, 0.05) is 44.0 Å². The van der Waals surface area contributed by atoms with Crippen LogP contribution in [0.15, 0.2) is 24.3 Å². The molecule has 2 N–H and O–H groups in total. The van der Waals surface area contributed by atoms with Crippen molar-refractivity contribution < 1.29 is 0 Å². The van der Waals surface area contributed by atoms with E-state index in [0.29, 0.717) is 6.04 Å². The van der Waals surface area contributed by atoms with Crippen LogP contribution in [0.1, 0.15) is 31.2 Å². The number of fused-ring (bicyclic) bond motifs is 2. The molecule has 3 fully saturated rings. The van der Waals surface area contributed by atoms with Crippen molar-refractivity contribution in [2.75, 3.05) is 31.1 Å². The van der Waals surface area contributed by atoms with Gasteiger partial charge in [0.1, 0.15) is 0 Å². The van der Waals surface area contributed by atoms with Crippen molar-refractivity contribution in [2.45, 2.75) is 44.7 Å². The average Bonchev–Trinajstić information content (AvgIpc) is 2.76. The van der Waals surface area contributed by atoms with E-state index in [2.05, 4.69) is 41.0 Å². The van der Waals surface area contributed by atoms with Crippen molar-refractivity contribution in [2.24, 2.45) is 17.6 Å². The maximum absolute atomic E-state index is 6.35. The summed E-state index contributed by atoms with van der Waals surface area (Å²) in [6, 6.07) is 10.2. The Morgan fingerprint density at radius 2 is 1.68 bits per heavy atom.